The molecule has 4 heteroatoms. The number of ketones is 1. The molecule has 3 nitrogen and oxygen atoms in total. The van der Waals surface area contributed by atoms with Gasteiger partial charge in [0.2, 0.25) is 0 Å². The maximum atomic E-state index is 11.7. The molecule has 1 aliphatic carbocycles. The first kappa shape index (κ1) is 35.3. The maximum Gasteiger partial charge on any atom is 0.162 e. The van der Waals surface area contributed by atoms with E-state index in [-0.39, 0.29) is 49.4 Å². The van der Waals surface area contributed by atoms with Crippen molar-refractivity contribution in [2.24, 2.45) is 11.8 Å². The van der Waals surface area contributed by atoms with E-state index in [1.165, 1.54) is 44.5 Å². The van der Waals surface area contributed by atoms with Gasteiger partial charge in [0.15, 0.2) is 5.78 Å². The van der Waals surface area contributed by atoms with Gasteiger partial charge >= 0.3 is 0 Å². The van der Waals surface area contributed by atoms with Crippen LogP contribution in [0.2, 0.25) is 0 Å². The Morgan fingerprint density at radius 2 is 1.52 bits per heavy atom. The van der Waals surface area contributed by atoms with Gasteiger partial charge in [-0.25, -0.2) is 0 Å². The van der Waals surface area contributed by atoms with Crippen LogP contribution in [0.5, 0.6) is 0 Å². The number of aliphatic hydroxyl groups is 1. The summed E-state index contributed by atoms with van der Waals surface area (Å²) < 4.78 is 0. The third-order valence-corrected chi connectivity index (χ3v) is 9.49. The molecule has 46 heavy (non-hydrogen) atoms. The van der Waals surface area contributed by atoms with Crippen LogP contribution in [-0.2, 0) is 24.9 Å². The standard InChI is InChI=1S/C29H22N.C13H24O2.Ir/c1-18(2)21-13-8-16-26-24(21)17-25-28(19-9-4-3-5-10-19)22-14-6-11-20-12-7-15-23(27(20)22)29(25)30-26;1-5-10(6-2)12(14)9-13(15)11(7-3)8-4;/h3-14,16-18,28H,1-2H3;9-11,14H,5-8H2,1-4H3;/q-1;;/b;12-9-;. The van der Waals surface area contributed by atoms with Crippen LogP contribution < -0.4 is 0 Å². The van der Waals surface area contributed by atoms with E-state index < -0.39 is 0 Å². The largest absolute Gasteiger partial charge is 0.512 e. The molecule has 1 aliphatic rings. The van der Waals surface area contributed by atoms with Crippen molar-refractivity contribution < 1.29 is 30.0 Å². The Hall–Kier alpha value is -3.59. The van der Waals surface area contributed by atoms with E-state index in [2.05, 4.69) is 98.8 Å². The first-order valence-corrected chi connectivity index (χ1v) is 16.7. The molecule has 1 unspecified atom stereocenters. The number of pyridine rings is 1. The van der Waals surface area contributed by atoms with Gasteiger partial charge in [0.1, 0.15) is 0 Å². The summed E-state index contributed by atoms with van der Waals surface area (Å²) in [6, 6.07) is 34.1. The smallest absolute Gasteiger partial charge is 0.162 e. The Morgan fingerprint density at radius 3 is 2.17 bits per heavy atom. The number of aliphatic hydroxyl groups excluding tert-OH is 1. The molecule has 1 N–H and O–H groups in total. The molecular formula is C42H46IrNO2-. The van der Waals surface area contributed by atoms with Gasteiger partial charge in [0.05, 0.1) is 11.3 Å². The second-order valence-corrected chi connectivity index (χ2v) is 12.5. The Labute approximate surface area is 288 Å². The van der Waals surface area contributed by atoms with Crippen molar-refractivity contribution in [3.63, 3.8) is 0 Å². The van der Waals surface area contributed by atoms with Gasteiger partial charge < -0.3 is 5.11 Å². The summed E-state index contributed by atoms with van der Waals surface area (Å²) in [7, 11) is 0. The number of aromatic nitrogens is 1. The minimum atomic E-state index is 0. The van der Waals surface area contributed by atoms with E-state index in [1.807, 2.05) is 33.8 Å². The molecule has 1 heterocycles. The number of carbonyl (C=O) groups excluding carboxylic acids is 1. The zero-order valence-electron chi connectivity index (χ0n) is 27.9. The number of carbonyl (C=O) groups is 1. The van der Waals surface area contributed by atoms with Crippen LogP contribution in [0.4, 0.5) is 0 Å². The van der Waals surface area contributed by atoms with Crippen molar-refractivity contribution in [2.75, 3.05) is 0 Å². The molecule has 5 aromatic rings. The molecule has 0 bridgehead atoms. The van der Waals surface area contributed by atoms with Gasteiger partial charge in [-0.05, 0) is 54.5 Å². The first-order chi connectivity index (χ1) is 21.8. The third-order valence-electron chi connectivity index (χ3n) is 9.49. The van der Waals surface area contributed by atoms with E-state index >= 15 is 0 Å². The second kappa shape index (κ2) is 15.8. The molecule has 1 aromatic heterocycles. The predicted octanol–water partition coefficient (Wildman–Crippen LogP) is 11.3. The molecule has 0 saturated carbocycles. The average molecular weight is 789 g/mol. The summed E-state index contributed by atoms with van der Waals surface area (Å²) in [5.41, 5.74) is 8.56. The zero-order chi connectivity index (χ0) is 32.1. The summed E-state index contributed by atoms with van der Waals surface area (Å²) in [5, 5.41) is 13.6. The van der Waals surface area contributed by atoms with Gasteiger partial charge in [-0.1, -0.05) is 125 Å². The van der Waals surface area contributed by atoms with Crippen molar-refractivity contribution in [3.8, 4) is 11.3 Å². The van der Waals surface area contributed by atoms with Crippen LogP contribution in [0.25, 0.3) is 32.9 Å². The molecule has 6 rings (SSSR count). The maximum absolute atomic E-state index is 11.7. The molecule has 0 fully saturated rings. The molecule has 0 spiro atoms. The summed E-state index contributed by atoms with van der Waals surface area (Å²) in [6.07, 6.45) is 4.91. The summed E-state index contributed by atoms with van der Waals surface area (Å²) in [5.74, 6) is 1.17. The summed E-state index contributed by atoms with van der Waals surface area (Å²) in [6.45, 7) is 12.6. The van der Waals surface area contributed by atoms with Gasteiger partial charge in [0, 0.05) is 49.3 Å². The van der Waals surface area contributed by atoms with Crippen LogP contribution in [0.3, 0.4) is 0 Å². The van der Waals surface area contributed by atoms with Gasteiger partial charge in [-0.2, -0.15) is 0 Å². The zero-order valence-corrected chi connectivity index (χ0v) is 30.3. The van der Waals surface area contributed by atoms with E-state index in [0.717, 1.165) is 42.5 Å². The van der Waals surface area contributed by atoms with Crippen molar-refractivity contribution in [2.45, 2.75) is 79.1 Å². The van der Waals surface area contributed by atoms with Crippen molar-refractivity contribution in [3.05, 3.63) is 125 Å². The van der Waals surface area contributed by atoms with Crippen molar-refractivity contribution in [1.82, 2.24) is 4.98 Å². The first-order valence-electron chi connectivity index (χ1n) is 16.7. The number of hydrogen-bond donors (Lipinski definition) is 1. The number of hydrogen-bond acceptors (Lipinski definition) is 3. The van der Waals surface area contributed by atoms with E-state index in [1.54, 1.807) is 0 Å². The SMILES string of the molecule is CC(C)c1cccc2nc3c(cc12)C(c1ccccc1)c1cccc2cc[c-]c-3c12.CCC(CC)C(=O)/C=C(\O)C(CC)CC.[Ir]. The Morgan fingerprint density at radius 1 is 0.848 bits per heavy atom. The van der Waals surface area contributed by atoms with Crippen LogP contribution in [0, 0.1) is 17.9 Å². The molecular weight excluding hydrogens is 743 g/mol. The van der Waals surface area contributed by atoms with Crippen LogP contribution in [0.1, 0.15) is 101 Å². The third kappa shape index (κ3) is 7.04. The number of nitrogens with zero attached hydrogens (tertiary/aromatic N) is 1. The second-order valence-electron chi connectivity index (χ2n) is 12.5. The fraction of sp³-hybridized carbons (Fsp3) is 0.333. The van der Waals surface area contributed by atoms with Crippen molar-refractivity contribution >= 4 is 27.5 Å². The molecule has 1 radical (unpaired) electrons. The van der Waals surface area contributed by atoms with E-state index in [4.69, 9.17) is 4.98 Å². The fourth-order valence-electron chi connectivity index (χ4n) is 6.84. The molecule has 4 aromatic carbocycles. The Kier molecular flexibility index (Phi) is 12.1. The Balaban J connectivity index is 0.000000259. The molecule has 1 atom stereocenters. The number of rotatable bonds is 9. The van der Waals surface area contributed by atoms with Crippen LogP contribution in [0.15, 0.2) is 96.8 Å². The topological polar surface area (TPSA) is 50.2 Å². The monoisotopic (exact) mass is 789 g/mol. The number of allylic oxidation sites excluding steroid dienone is 2. The average Bonchev–Trinajstić information content (AvgIpc) is 3.06. The quantitative estimate of drug-likeness (QED) is 0.0902. The summed E-state index contributed by atoms with van der Waals surface area (Å²) >= 11 is 0. The minimum Gasteiger partial charge on any atom is -0.512 e. The van der Waals surface area contributed by atoms with Gasteiger partial charge in [0.25, 0.3) is 0 Å². The van der Waals surface area contributed by atoms with Gasteiger partial charge in [-0.3, -0.25) is 9.78 Å². The minimum absolute atomic E-state index is 0. The normalized spacial score (nSPS) is 13.8. The number of fused-ring (bicyclic) bond motifs is 3. The molecule has 241 valence electrons. The fourth-order valence-corrected chi connectivity index (χ4v) is 6.84. The van der Waals surface area contributed by atoms with Gasteiger partial charge in [-0.15, -0.1) is 29.1 Å². The predicted molar refractivity (Wildman–Crippen MR) is 189 cm³/mol. The summed E-state index contributed by atoms with van der Waals surface area (Å²) in [4.78, 5) is 16.9. The van der Waals surface area contributed by atoms with Crippen LogP contribution >= 0.6 is 0 Å². The van der Waals surface area contributed by atoms with Crippen LogP contribution in [-0.4, -0.2) is 15.9 Å². The molecule has 0 aliphatic heterocycles. The van der Waals surface area contributed by atoms with E-state index in [0.29, 0.717) is 5.92 Å². The molecule has 0 amide bonds. The van der Waals surface area contributed by atoms with Crippen molar-refractivity contribution in [1.29, 1.82) is 0 Å². The number of benzene rings is 4. The van der Waals surface area contributed by atoms with E-state index in [9.17, 15) is 9.90 Å². The Bertz CT molecular complexity index is 1810. The molecule has 0 saturated heterocycles.